The minimum absolute atomic E-state index is 0.115. The van der Waals surface area contributed by atoms with E-state index in [2.05, 4.69) is 22.4 Å². The molecule has 226 valence electrons. The Bertz CT molecular complexity index is 1310. The van der Waals surface area contributed by atoms with Gasteiger partial charge >= 0.3 is 6.18 Å². The summed E-state index contributed by atoms with van der Waals surface area (Å²) in [5.74, 6) is 0. The highest BCUT2D eigenvalue weighted by Crippen LogP contribution is 2.39. The van der Waals surface area contributed by atoms with Crippen LogP contribution in [0.1, 0.15) is 25.3 Å². The van der Waals surface area contributed by atoms with Gasteiger partial charge in [-0.3, -0.25) is 4.90 Å². The number of alkyl halides is 3. The first-order chi connectivity index (χ1) is 19.3. The highest BCUT2D eigenvalue weighted by atomic mass is 32.2. The molecule has 0 aromatic heterocycles. The highest BCUT2D eigenvalue weighted by Gasteiger charge is 2.51. The van der Waals surface area contributed by atoms with Gasteiger partial charge in [0, 0.05) is 56.0 Å². The molecular weight excluding hydrogens is 579 g/mol. The van der Waals surface area contributed by atoms with Gasteiger partial charge in [-0.2, -0.15) is 17.5 Å². The van der Waals surface area contributed by atoms with Crippen LogP contribution in [0.25, 0.3) is 0 Å². The molecule has 0 spiro atoms. The van der Waals surface area contributed by atoms with Gasteiger partial charge in [0.2, 0.25) is 10.0 Å². The third-order valence-corrected chi connectivity index (χ3v) is 11.1. The van der Waals surface area contributed by atoms with E-state index in [4.69, 9.17) is 9.47 Å². The Morgan fingerprint density at radius 2 is 1.68 bits per heavy atom. The third-order valence-electron chi connectivity index (χ3n) is 8.62. The molecule has 5 atom stereocenters. The number of ether oxygens (including phenoxy) is 2. The van der Waals surface area contributed by atoms with Gasteiger partial charge in [-0.15, -0.1) is 12.6 Å². The Hall–Kier alpha value is -1.87. The molecule has 2 aromatic rings. The molecule has 13 heteroatoms. The van der Waals surface area contributed by atoms with Crippen LogP contribution in [0.2, 0.25) is 0 Å². The number of hydrogen-bond acceptors (Lipinski definition) is 8. The lowest BCUT2D eigenvalue weighted by molar-refractivity contribution is -0.258. The van der Waals surface area contributed by atoms with E-state index in [1.54, 1.807) is 43.5 Å². The van der Waals surface area contributed by atoms with E-state index in [1.165, 1.54) is 16.4 Å². The van der Waals surface area contributed by atoms with Gasteiger partial charge in [-0.1, -0.05) is 24.3 Å². The quantitative estimate of drug-likeness (QED) is 0.462. The molecule has 1 N–H and O–H groups in total. The van der Waals surface area contributed by atoms with Crippen molar-refractivity contribution in [1.29, 1.82) is 0 Å². The summed E-state index contributed by atoms with van der Waals surface area (Å²) in [5.41, 5.74) is -2.58. The average Bonchev–Trinajstić information content (AvgIpc) is 2.92. The molecule has 0 radical (unpaired) electrons. The molecule has 5 rings (SSSR count). The van der Waals surface area contributed by atoms with Crippen LogP contribution in [0.5, 0.6) is 0 Å². The van der Waals surface area contributed by atoms with E-state index in [0.717, 1.165) is 19.8 Å². The summed E-state index contributed by atoms with van der Waals surface area (Å²) < 4.78 is 80.6. The number of piperidine rings is 1. The summed E-state index contributed by atoms with van der Waals surface area (Å²) >= 11 is 4.38. The molecule has 2 aromatic carbocycles. The molecule has 8 nitrogen and oxygen atoms in total. The number of halogens is 3. The van der Waals surface area contributed by atoms with Crippen molar-refractivity contribution in [2.24, 2.45) is 0 Å². The Morgan fingerprint density at radius 1 is 1.05 bits per heavy atom. The molecule has 3 aliphatic rings. The molecular formula is C28H36F3N3O5S2. The number of sulfonamides is 1. The summed E-state index contributed by atoms with van der Waals surface area (Å²) in [4.78, 5) is 4.94. The average molecular weight is 616 g/mol. The number of thiol groups is 1. The summed E-state index contributed by atoms with van der Waals surface area (Å²) in [5, 5.41) is 10.1. The lowest BCUT2D eigenvalue weighted by Crippen LogP contribution is -2.64. The predicted molar refractivity (Wildman–Crippen MR) is 151 cm³/mol. The number of aliphatic hydroxyl groups is 1. The number of nitrogens with zero attached hydrogens (tertiary/aromatic N) is 3. The molecule has 0 aliphatic carbocycles. The number of hydrogen-bond donors (Lipinski definition) is 2. The lowest BCUT2D eigenvalue weighted by atomic mass is 9.91. The summed E-state index contributed by atoms with van der Waals surface area (Å²) in [6, 6.07) is 12.2. The smallest absolute Gasteiger partial charge is 0.381 e. The van der Waals surface area contributed by atoms with Gasteiger partial charge in [0.25, 0.3) is 0 Å². The van der Waals surface area contributed by atoms with E-state index in [0.29, 0.717) is 36.9 Å². The van der Waals surface area contributed by atoms with E-state index in [1.807, 2.05) is 0 Å². The first-order valence-electron chi connectivity index (χ1n) is 13.6. The van der Waals surface area contributed by atoms with Crippen molar-refractivity contribution in [3.05, 3.63) is 54.1 Å². The second-order valence-electron chi connectivity index (χ2n) is 11.2. The zero-order valence-electron chi connectivity index (χ0n) is 23.0. The molecule has 3 heterocycles. The van der Waals surface area contributed by atoms with E-state index in [-0.39, 0.29) is 47.8 Å². The largest absolute Gasteiger partial charge is 0.421 e. The molecule has 2 bridgehead atoms. The van der Waals surface area contributed by atoms with Crippen LogP contribution in [-0.2, 0) is 25.1 Å². The normalized spacial score (nSPS) is 27.9. The lowest BCUT2D eigenvalue weighted by Gasteiger charge is -2.51. The van der Waals surface area contributed by atoms with Crippen molar-refractivity contribution < 1.29 is 36.2 Å². The SMILES string of the molecule is COC1C[C@H]2COC[C@@H](C1)N2C[C@H]1CN(S(=O)(=O)c2ccccc2S)CCN1c1ccc([C@](C)(O)C(F)(F)F)cc1. The number of morpholine rings is 1. The maximum absolute atomic E-state index is 13.7. The van der Waals surface area contributed by atoms with Crippen LogP contribution in [0.15, 0.2) is 58.3 Å². The van der Waals surface area contributed by atoms with E-state index in [9.17, 15) is 26.7 Å². The standard InChI is InChI=1S/C28H36F3N3O5S2/c1-27(35,28(29,30)31)19-7-9-20(10-8-19)33-12-11-32(41(36,37)26-6-4-3-5-25(26)40)15-23(33)16-34-21-13-24(38-2)14-22(34)18-39-17-21/h3-10,21-24,35,40H,11-18H2,1-2H3/t21-,22+,23-,24?,27+/m1/s1. The fourth-order valence-electron chi connectivity index (χ4n) is 6.17. The van der Waals surface area contributed by atoms with Gasteiger partial charge in [-0.25, -0.2) is 8.42 Å². The van der Waals surface area contributed by atoms with Crippen molar-refractivity contribution >= 4 is 28.3 Å². The zero-order chi connectivity index (χ0) is 29.6. The van der Waals surface area contributed by atoms with Crippen LogP contribution >= 0.6 is 12.6 Å². The minimum Gasteiger partial charge on any atom is -0.381 e. The fraction of sp³-hybridized carbons (Fsp3) is 0.571. The fourth-order valence-corrected chi connectivity index (χ4v) is 8.23. The Labute approximate surface area is 244 Å². The molecule has 3 saturated heterocycles. The third kappa shape index (κ3) is 5.99. The van der Waals surface area contributed by atoms with Gasteiger partial charge in [0.1, 0.15) is 0 Å². The van der Waals surface area contributed by atoms with Crippen LogP contribution in [0, 0.1) is 0 Å². The number of piperazine rings is 1. The summed E-state index contributed by atoms with van der Waals surface area (Å²) in [7, 11) is -2.13. The molecule has 3 fully saturated rings. The first-order valence-corrected chi connectivity index (χ1v) is 15.5. The zero-order valence-corrected chi connectivity index (χ0v) is 24.7. The predicted octanol–water partition coefficient (Wildman–Crippen LogP) is 3.50. The molecule has 3 aliphatic heterocycles. The van der Waals surface area contributed by atoms with Gasteiger partial charge in [0.05, 0.1) is 30.3 Å². The maximum Gasteiger partial charge on any atom is 0.421 e. The number of rotatable bonds is 7. The van der Waals surface area contributed by atoms with Crippen LogP contribution in [0.4, 0.5) is 18.9 Å². The van der Waals surface area contributed by atoms with Crippen molar-refractivity contribution in [3.8, 4) is 0 Å². The highest BCUT2D eigenvalue weighted by molar-refractivity contribution is 7.90. The van der Waals surface area contributed by atoms with Crippen molar-refractivity contribution in [2.75, 3.05) is 51.4 Å². The van der Waals surface area contributed by atoms with E-state index >= 15 is 0 Å². The first kappa shape index (κ1) is 30.6. The van der Waals surface area contributed by atoms with Crippen LogP contribution < -0.4 is 4.90 Å². The Morgan fingerprint density at radius 3 is 2.27 bits per heavy atom. The molecule has 41 heavy (non-hydrogen) atoms. The van der Waals surface area contributed by atoms with Gasteiger partial charge in [0.15, 0.2) is 5.60 Å². The van der Waals surface area contributed by atoms with Gasteiger partial charge in [-0.05, 0) is 49.6 Å². The minimum atomic E-state index is -4.82. The van der Waals surface area contributed by atoms with Gasteiger partial charge < -0.3 is 19.5 Å². The maximum atomic E-state index is 13.7. The second-order valence-corrected chi connectivity index (χ2v) is 13.6. The molecule has 1 unspecified atom stereocenters. The molecule has 0 saturated carbocycles. The second kappa shape index (κ2) is 11.7. The number of anilines is 1. The van der Waals surface area contributed by atoms with Crippen LogP contribution in [-0.4, -0.2) is 99.6 Å². The van der Waals surface area contributed by atoms with Crippen molar-refractivity contribution in [2.45, 2.75) is 65.6 Å². The number of fused-ring (bicyclic) bond motifs is 2. The number of benzene rings is 2. The summed E-state index contributed by atoms with van der Waals surface area (Å²) in [6.45, 7) is 3.12. The van der Waals surface area contributed by atoms with Crippen molar-refractivity contribution in [3.63, 3.8) is 0 Å². The summed E-state index contributed by atoms with van der Waals surface area (Å²) in [6.07, 6.45) is -3.09. The number of methoxy groups -OCH3 is 1. The van der Waals surface area contributed by atoms with Crippen LogP contribution in [0.3, 0.4) is 0 Å². The monoisotopic (exact) mass is 615 g/mol. The van der Waals surface area contributed by atoms with E-state index < -0.39 is 21.8 Å². The Kier molecular flexibility index (Phi) is 8.70. The Balaban J connectivity index is 1.44. The topological polar surface area (TPSA) is 82.6 Å². The molecule has 0 amide bonds. The van der Waals surface area contributed by atoms with Crippen molar-refractivity contribution in [1.82, 2.24) is 9.21 Å².